The van der Waals surface area contributed by atoms with Gasteiger partial charge in [0, 0.05) is 17.3 Å². The topological polar surface area (TPSA) is 63.2 Å². The van der Waals surface area contributed by atoms with E-state index in [0.717, 1.165) is 23.3 Å². The fourth-order valence-corrected chi connectivity index (χ4v) is 4.76. The summed E-state index contributed by atoms with van der Waals surface area (Å²) < 4.78 is 10.6. The first-order valence-corrected chi connectivity index (χ1v) is 11.1. The summed E-state index contributed by atoms with van der Waals surface area (Å²) in [5, 5.41) is 4.16. The number of hydrogen-bond acceptors (Lipinski definition) is 5. The summed E-state index contributed by atoms with van der Waals surface area (Å²) >= 11 is 0. The first-order valence-electron chi connectivity index (χ1n) is 11.1. The Kier molecular flexibility index (Phi) is 7.12. The van der Waals surface area contributed by atoms with Crippen molar-refractivity contribution < 1.29 is 14.3 Å². The third-order valence-corrected chi connectivity index (χ3v) is 6.00. The minimum Gasteiger partial charge on any atom is -0.497 e. The van der Waals surface area contributed by atoms with Crippen molar-refractivity contribution in [2.45, 2.75) is 65.5 Å². The zero-order chi connectivity index (χ0) is 23.5. The second-order valence-corrected chi connectivity index (χ2v) is 9.41. The number of rotatable bonds is 7. The Morgan fingerprint density at radius 1 is 1.25 bits per heavy atom. The van der Waals surface area contributed by atoms with Gasteiger partial charge in [0.15, 0.2) is 6.61 Å². The number of aryl methyl sites for hydroxylation is 1. The monoisotopic (exact) mass is 437 g/mol. The molecular weight excluding hydrogens is 402 g/mol. The van der Waals surface area contributed by atoms with Gasteiger partial charge < -0.3 is 14.4 Å². The number of hydrogen-bond donors (Lipinski definition) is 1. The lowest BCUT2D eigenvalue weighted by atomic mass is 9.78. The molecular formula is C26H35N3O3. The molecule has 32 heavy (non-hydrogen) atoms. The minimum atomic E-state index is -0.311. The van der Waals surface area contributed by atoms with E-state index in [-0.39, 0.29) is 18.1 Å². The van der Waals surface area contributed by atoms with E-state index >= 15 is 0 Å². The summed E-state index contributed by atoms with van der Waals surface area (Å²) in [6.45, 7) is 13.4. The number of anilines is 1. The molecule has 1 aliphatic rings. The molecule has 0 bridgehead atoms. The molecule has 0 aromatic heterocycles. The summed E-state index contributed by atoms with van der Waals surface area (Å²) in [4.78, 5) is 14.6. The van der Waals surface area contributed by atoms with Crippen molar-refractivity contribution in [1.82, 2.24) is 5.43 Å². The highest BCUT2D eigenvalue weighted by molar-refractivity contribution is 5.86. The van der Waals surface area contributed by atoms with Crippen molar-refractivity contribution in [2.75, 3.05) is 18.6 Å². The molecule has 6 nitrogen and oxygen atoms in total. The molecule has 2 aromatic carbocycles. The number of nitrogens with one attached hydrogen (secondary N) is 1. The zero-order valence-electron chi connectivity index (χ0n) is 20.2. The molecule has 1 unspecified atom stereocenters. The Morgan fingerprint density at radius 3 is 2.53 bits per heavy atom. The molecule has 1 atom stereocenters. The van der Waals surface area contributed by atoms with E-state index < -0.39 is 0 Å². The number of methoxy groups -OCH3 is 1. The molecule has 1 amide bonds. The third kappa shape index (κ3) is 5.23. The van der Waals surface area contributed by atoms with Crippen LogP contribution in [0.5, 0.6) is 11.5 Å². The molecule has 1 aliphatic heterocycles. The number of carbonyl (C=O) groups excluding carboxylic acids is 1. The van der Waals surface area contributed by atoms with Gasteiger partial charge >= 0.3 is 0 Å². The molecule has 0 aliphatic carbocycles. The van der Waals surface area contributed by atoms with Crippen LogP contribution in [0, 0.1) is 6.92 Å². The average Bonchev–Trinajstić information content (AvgIpc) is 2.72. The van der Waals surface area contributed by atoms with Crippen molar-refractivity contribution in [3.63, 3.8) is 0 Å². The third-order valence-electron chi connectivity index (χ3n) is 6.00. The van der Waals surface area contributed by atoms with Gasteiger partial charge in [-0.3, -0.25) is 4.79 Å². The molecule has 1 N–H and O–H groups in total. The fraction of sp³-hybridized carbons (Fsp3) is 0.462. The van der Waals surface area contributed by atoms with Gasteiger partial charge in [0.05, 0.1) is 13.3 Å². The van der Waals surface area contributed by atoms with Crippen LogP contribution in [-0.4, -0.2) is 37.4 Å². The van der Waals surface area contributed by atoms with Crippen LogP contribution >= 0.6 is 0 Å². The van der Waals surface area contributed by atoms with Gasteiger partial charge in [0.1, 0.15) is 11.5 Å². The lowest BCUT2D eigenvalue weighted by Crippen LogP contribution is -2.51. The molecule has 6 heteroatoms. The maximum atomic E-state index is 12.1. The van der Waals surface area contributed by atoms with Crippen molar-refractivity contribution in [3.8, 4) is 11.5 Å². The van der Waals surface area contributed by atoms with E-state index in [9.17, 15) is 4.79 Å². The van der Waals surface area contributed by atoms with E-state index in [1.165, 1.54) is 11.3 Å². The maximum Gasteiger partial charge on any atom is 0.277 e. The van der Waals surface area contributed by atoms with Gasteiger partial charge in [0.2, 0.25) is 0 Å². The van der Waals surface area contributed by atoms with E-state index in [4.69, 9.17) is 9.47 Å². The maximum absolute atomic E-state index is 12.1. The number of carbonyl (C=O) groups is 1. The second kappa shape index (κ2) is 9.63. The molecule has 172 valence electrons. The fourth-order valence-electron chi connectivity index (χ4n) is 4.76. The number of benzene rings is 2. The van der Waals surface area contributed by atoms with E-state index in [1.807, 2.05) is 0 Å². The van der Waals surface area contributed by atoms with Crippen molar-refractivity contribution in [1.29, 1.82) is 0 Å². The molecule has 2 aromatic rings. The predicted molar refractivity (Wildman–Crippen MR) is 130 cm³/mol. The Bertz CT molecular complexity index is 981. The number of amides is 1. The summed E-state index contributed by atoms with van der Waals surface area (Å²) in [5.74, 6) is 1.48. The Balaban J connectivity index is 1.67. The van der Waals surface area contributed by atoms with Crippen LogP contribution in [0.3, 0.4) is 0 Å². The summed E-state index contributed by atoms with van der Waals surface area (Å²) in [6.07, 6.45) is 2.81. The lowest BCUT2D eigenvalue weighted by Gasteiger charge is -2.50. The smallest absolute Gasteiger partial charge is 0.277 e. The minimum absolute atomic E-state index is 0.109. The van der Waals surface area contributed by atoms with Crippen LogP contribution in [0.15, 0.2) is 41.5 Å². The van der Waals surface area contributed by atoms with E-state index in [2.05, 4.69) is 69.1 Å². The zero-order valence-corrected chi connectivity index (χ0v) is 20.2. The highest BCUT2D eigenvalue weighted by Gasteiger charge is 2.37. The molecule has 0 saturated carbocycles. The van der Waals surface area contributed by atoms with Gasteiger partial charge in [-0.1, -0.05) is 6.92 Å². The van der Waals surface area contributed by atoms with E-state index in [0.29, 0.717) is 17.7 Å². The summed E-state index contributed by atoms with van der Waals surface area (Å²) in [5.41, 5.74) is 7.44. The Labute approximate surface area is 191 Å². The SMILES string of the molecule is COc1ccc(OCC(=O)N/N=C\c2cc3c(cc2C)N(C(C)C)C(C)(C)CC3C)cc1. The van der Waals surface area contributed by atoms with Crippen LogP contribution in [0.1, 0.15) is 63.6 Å². The highest BCUT2D eigenvalue weighted by atomic mass is 16.5. The normalized spacial score (nSPS) is 17.4. The number of ether oxygens (including phenoxy) is 2. The average molecular weight is 438 g/mol. The largest absolute Gasteiger partial charge is 0.497 e. The highest BCUT2D eigenvalue weighted by Crippen LogP contribution is 2.45. The number of nitrogens with zero attached hydrogens (tertiary/aromatic N) is 2. The first-order chi connectivity index (χ1) is 15.1. The molecule has 0 fully saturated rings. The molecule has 1 heterocycles. The molecule has 0 radical (unpaired) electrons. The van der Waals surface area contributed by atoms with Gasteiger partial charge in [-0.2, -0.15) is 5.10 Å². The van der Waals surface area contributed by atoms with E-state index in [1.54, 1.807) is 37.6 Å². The van der Waals surface area contributed by atoms with Gasteiger partial charge in [-0.25, -0.2) is 5.43 Å². The Morgan fingerprint density at radius 2 is 1.91 bits per heavy atom. The van der Waals surface area contributed by atoms with Crippen LogP contribution in [-0.2, 0) is 4.79 Å². The lowest BCUT2D eigenvalue weighted by molar-refractivity contribution is -0.123. The number of hydrazone groups is 1. The second-order valence-electron chi connectivity index (χ2n) is 9.41. The van der Waals surface area contributed by atoms with Crippen LogP contribution in [0.2, 0.25) is 0 Å². The van der Waals surface area contributed by atoms with Crippen LogP contribution < -0.4 is 19.8 Å². The quantitative estimate of drug-likeness (QED) is 0.487. The summed E-state index contributed by atoms with van der Waals surface area (Å²) in [6, 6.07) is 12.0. The molecule has 0 saturated heterocycles. The molecule has 0 spiro atoms. The standard InChI is InChI=1S/C26H35N3O3/c1-17(2)29-24-12-18(3)20(13-23(24)19(4)14-26(29,5)6)15-27-28-25(30)16-32-22-10-8-21(31-7)9-11-22/h8-13,15,17,19H,14,16H2,1-7H3,(H,28,30)/b27-15-. The predicted octanol–water partition coefficient (Wildman–Crippen LogP) is 5.03. The van der Waals surface area contributed by atoms with Crippen LogP contribution in [0.25, 0.3) is 0 Å². The summed E-state index contributed by atoms with van der Waals surface area (Å²) in [7, 11) is 1.60. The van der Waals surface area contributed by atoms with Crippen LogP contribution in [0.4, 0.5) is 5.69 Å². The van der Waals surface area contributed by atoms with Gasteiger partial charge in [-0.15, -0.1) is 0 Å². The number of fused-ring (bicyclic) bond motifs is 1. The van der Waals surface area contributed by atoms with Crippen molar-refractivity contribution in [3.05, 3.63) is 53.1 Å². The Hall–Kier alpha value is -3.02. The van der Waals surface area contributed by atoms with Crippen molar-refractivity contribution >= 4 is 17.8 Å². The molecule has 3 rings (SSSR count). The first kappa shape index (κ1) is 23.6. The van der Waals surface area contributed by atoms with Gasteiger partial charge in [-0.05, 0) is 100 Å². The van der Waals surface area contributed by atoms with Gasteiger partial charge in [0.25, 0.3) is 5.91 Å². The van der Waals surface area contributed by atoms with Crippen molar-refractivity contribution in [2.24, 2.45) is 5.10 Å².